The molecule has 1 aliphatic carbocycles. The summed E-state index contributed by atoms with van der Waals surface area (Å²) in [4.78, 5) is 30.2. The van der Waals surface area contributed by atoms with E-state index >= 15 is 0 Å². The largest absolute Gasteiger partial charge is 0.438 e. The second-order valence-electron chi connectivity index (χ2n) is 11.9. The number of halogens is 1. The fourth-order valence-electron chi connectivity index (χ4n) is 6.10. The Balaban J connectivity index is 1.05. The van der Waals surface area contributed by atoms with Gasteiger partial charge in [0.15, 0.2) is 0 Å². The number of hydrogen-bond acceptors (Lipinski definition) is 6. The Morgan fingerprint density at radius 2 is 1.69 bits per heavy atom. The van der Waals surface area contributed by atoms with E-state index < -0.39 is 11.7 Å². The lowest BCUT2D eigenvalue weighted by Gasteiger charge is -2.29. The monoisotopic (exact) mass is 611 g/mol. The number of amides is 2. The predicted octanol–water partition coefficient (Wildman–Crippen LogP) is 5.61. The molecule has 45 heavy (non-hydrogen) atoms. The van der Waals surface area contributed by atoms with Crippen LogP contribution in [0.5, 0.6) is 11.6 Å². The minimum atomic E-state index is -0.630. The minimum absolute atomic E-state index is 0.00290. The molecule has 0 atom stereocenters. The van der Waals surface area contributed by atoms with Gasteiger partial charge in [-0.05, 0) is 98.7 Å². The minimum Gasteiger partial charge on any atom is -0.438 e. The maximum Gasteiger partial charge on any atom is 0.272 e. The van der Waals surface area contributed by atoms with Gasteiger partial charge in [0.1, 0.15) is 22.8 Å². The average molecular weight is 612 g/mol. The highest BCUT2D eigenvalue weighted by Gasteiger charge is 2.27. The number of aromatic nitrogens is 3. The first-order valence-electron chi connectivity index (χ1n) is 15.8. The van der Waals surface area contributed by atoms with Crippen LogP contribution in [-0.2, 0) is 19.4 Å². The molecule has 0 saturated heterocycles. The van der Waals surface area contributed by atoms with Gasteiger partial charge in [0.05, 0.1) is 6.20 Å². The Bertz CT molecular complexity index is 1620. The number of rotatable bonds is 10. The van der Waals surface area contributed by atoms with E-state index in [2.05, 4.69) is 20.7 Å². The van der Waals surface area contributed by atoms with Crippen LogP contribution in [0.1, 0.15) is 77.0 Å². The third kappa shape index (κ3) is 7.57. The van der Waals surface area contributed by atoms with Gasteiger partial charge in [0.25, 0.3) is 11.8 Å². The van der Waals surface area contributed by atoms with Crippen molar-refractivity contribution in [2.75, 3.05) is 6.61 Å². The normalized spacial score (nSPS) is 17.7. The first kappa shape index (κ1) is 30.5. The summed E-state index contributed by atoms with van der Waals surface area (Å²) in [5, 5.41) is 19.7. The van der Waals surface area contributed by atoms with Crippen LogP contribution < -0.4 is 15.4 Å². The molecular formula is C35H38FN5O4. The van der Waals surface area contributed by atoms with Crippen molar-refractivity contribution in [2.24, 2.45) is 0 Å². The maximum atomic E-state index is 14.2. The van der Waals surface area contributed by atoms with E-state index in [0.717, 1.165) is 73.3 Å². The van der Waals surface area contributed by atoms with Crippen molar-refractivity contribution in [1.82, 2.24) is 25.4 Å². The lowest BCUT2D eigenvalue weighted by Crippen LogP contribution is -2.44. The van der Waals surface area contributed by atoms with Crippen molar-refractivity contribution in [3.05, 3.63) is 95.2 Å². The third-order valence-electron chi connectivity index (χ3n) is 8.57. The second kappa shape index (κ2) is 14.0. The van der Waals surface area contributed by atoms with Crippen LogP contribution in [0.25, 0.3) is 11.1 Å². The molecule has 1 aliphatic heterocycles. The molecule has 234 valence electrons. The van der Waals surface area contributed by atoms with Gasteiger partial charge < -0.3 is 20.5 Å². The van der Waals surface area contributed by atoms with Gasteiger partial charge in [-0.3, -0.25) is 14.3 Å². The van der Waals surface area contributed by atoms with E-state index in [9.17, 15) is 14.0 Å². The highest BCUT2D eigenvalue weighted by atomic mass is 19.1. The molecule has 1 saturated carbocycles. The van der Waals surface area contributed by atoms with Gasteiger partial charge in [0.2, 0.25) is 5.88 Å². The molecule has 2 aromatic heterocycles. The number of hydrogen-bond donors (Lipinski definition) is 3. The van der Waals surface area contributed by atoms with Crippen LogP contribution in [-0.4, -0.2) is 50.4 Å². The summed E-state index contributed by atoms with van der Waals surface area (Å²) in [6, 6.07) is 18.5. The number of fused-ring (bicyclic) bond motifs is 1. The van der Waals surface area contributed by atoms with Gasteiger partial charge in [-0.1, -0.05) is 36.4 Å². The van der Waals surface area contributed by atoms with Gasteiger partial charge in [-0.15, -0.1) is 0 Å². The number of aryl methyl sites for hydroxylation is 3. The second-order valence-corrected chi connectivity index (χ2v) is 11.9. The van der Waals surface area contributed by atoms with Gasteiger partial charge >= 0.3 is 0 Å². The first-order valence-corrected chi connectivity index (χ1v) is 15.8. The zero-order valence-electron chi connectivity index (χ0n) is 25.2. The number of nitrogens with one attached hydrogen (secondary N) is 2. The van der Waals surface area contributed by atoms with Crippen LogP contribution in [0.2, 0.25) is 0 Å². The Morgan fingerprint density at radius 1 is 0.933 bits per heavy atom. The standard InChI is InChI=1S/C35H38FN5O4/c36-26-20-31(35(37-22-26)45-30-8-3-6-25(19-30)24-11-9-23(10-12-24)5-4-18-42)33(43)38-27-13-15-28(16-14-27)39-34(44)32-21-29-7-1-2-17-41(29)40-32/h3,6,8-12,19-22,27-28,42H,1-2,4-5,7,13-18H2,(H,38,43)(H,39,44)/t27-,28-. The molecule has 3 heterocycles. The zero-order valence-corrected chi connectivity index (χ0v) is 25.2. The predicted molar refractivity (Wildman–Crippen MR) is 168 cm³/mol. The van der Waals surface area contributed by atoms with Crippen molar-refractivity contribution in [3.63, 3.8) is 0 Å². The quantitative estimate of drug-likeness (QED) is 0.215. The molecule has 0 bridgehead atoms. The Labute approximate surface area is 261 Å². The molecule has 2 amide bonds. The van der Waals surface area contributed by atoms with Crippen LogP contribution in [0.15, 0.2) is 66.9 Å². The highest BCUT2D eigenvalue weighted by molar-refractivity contribution is 5.96. The Hall–Kier alpha value is -4.57. The molecule has 1 fully saturated rings. The van der Waals surface area contributed by atoms with Gasteiger partial charge in [0, 0.05) is 30.9 Å². The smallest absolute Gasteiger partial charge is 0.272 e. The van der Waals surface area contributed by atoms with Crippen LogP contribution >= 0.6 is 0 Å². The van der Waals surface area contributed by atoms with Crippen molar-refractivity contribution >= 4 is 11.8 Å². The molecule has 4 aromatic rings. The van der Waals surface area contributed by atoms with Crippen molar-refractivity contribution < 1.29 is 23.8 Å². The van der Waals surface area contributed by atoms with Crippen molar-refractivity contribution in [2.45, 2.75) is 76.4 Å². The van der Waals surface area contributed by atoms with Crippen molar-refractivity contribution in [3.8, 4) is 22.8 Å². The molecule has 9 nitrogen and oxygen atoms in total. The number of ether oxygens (including phenoxy) is 1. The molecule has 10 heteroatoms. The number of pyridine rings is 1. The van der Waals surface area contributed by atoms with E-state index in [4.69, 9.17) is 9.84 Å². The fourth-order valence-corrected chi connectivity index (χ4v) is 6.10. The van der Waals surface area contributed by atoms with Crippen LogP contribution in [0.4, 0.5) is 4.39 Å². The molecule has 2 aromatic carbocycles. The summed E-state index contributed by atoms with van der Waals surface area (Å²) in [6.45, 7) is 1.02. The molecule has 6 rings (SSSR count). The summed E-state index contributed by atoms with van der Waals surface area (Å²) in [5.41, 5.74) is 4.66. The van der Waals surface area contributed by atoms with Gasteiger partial charge in [-0.25, -0.2) is 9.37 Å². The van der Waals surface area contributed by atoms with E-state index in [1.807, 2.05) is 53.2 Å². The van der Waals surface area contributed by atoms with E-state index in [1.165, 1.54) is 0 Å². The summed E-state index contributed by atoms with van der Waals surface area (Å²) in [5.74, 6) is -0.747. The summed E-state index contributed by atoms with van der Waals surface area (Å²) in [7, 11) is 0. The Kier molecular flexibility index (Phi) is 9.49. The summed E-state index contributed by atoms with van der Waals surface area (Å²) < 4.78 is 22.2. The van der Waals surface area contributed by atoms with E-state index in [0.29, 0.717) is 37.1 Å². The average Bonchev–Trinajstić information content (AvgIpc) is 3.51. The summed E-state index contributed by atoms with van der Waals surface area (Å²) >= 11 is 0. The SMILES string of the molecule is O=C(N[C@H]1CC[C@H](NC(=O)c2cc(F)cnc2Oc2cccc(-c3ccc(CCCO)cc3)c2)CC1)c1cc2n(n1)CCCC2. The maximum absolute atomic E-state index is 14.2. The van der Waals surface area contributed by atoms with Gasteiger partial charge in [-0.2, -0.15) is 5.10 Å². The summed E-state index contributed by atoms with van der Waals surface area (Å²) in [6.07, 6.45) is 8.50. The lowest BCUT2D eigenvalue weighted by atomic mass is 9.91. The van der Waals surface area contributed by atoms with Crippen LogP contribution in [0, 0.1) is 5.82 Å². The molecule has 0 spiro atoms. The third-order valence-corrected chi connectivity index (χ3v) is 8.57. The zero-order chi connectivity index (χ0) is 31.2. The number of carbonyl (C=O) groups excluding carboxylic acids is 2. The number of carbonyl (C=O) groups is 2. The highest BCUT2D eigenvalue weighted by Crippen LogP contribution is 2.29. The van der Waals surface area contributed by atoms with E-state index in [-0.39, 0.29) is 36.0 Å². The number of benzene rings is 2. The molecule has 3 N–H and O–H groups in total. The number of aliphatic hydroxyl groups is 1. The topological polar surface area (TPSA) is 118 Å². The molecule has 2 aliphatic rings. The Morgan fingerprint density at radius 3 is 2.42 bits per heavy atom. The molecule has 0 radical (unpaired) electrons. The molecule has 0 unspecified atom stereocenters. The number of aliphatic hydroxyl groups excluding tert-OH is 1. The fraction of sp³-hybridized carbons (Fsp3) is 0.371. The van der Waals surface area contributed by atoms with E-state index in [1.54, 1.807) is 6.07 Å². The first-order chi connectivity index (χ1) is 21.9. The number of nitrogens with zero attached hydrogens (tertiary/aromatic N) is 3. The lowest BCUT2D eigenvalue weighted by molar-refractivity contribution is 0.0887. The van der Waals surface area contributed by atoms with Crippen molar-refractivity contribution in [1.29, 1.82) is 0 Å². The van der Waals surface area contributed by atoms with Crippen LogP contribution in [0.3, 0.4) is 0 Å². The molecular weight excluding hydrogens is 573 g/mol.